The molecule has 0 heterocycles. The predicted molar refractivity (Wildman–Crippen MR) is 79.0 cm³/mol. The van der Waals surface area contributed by atoms with Crippen LogP contribution >= 0.6 is 0 Å². The Balaban J connectivity index is 3.44. The number of Topliss-reactive ketones (excluding diaryl/α,β-unsaturated/α-hetero) is 1. The van der Waals surface area contributed by atoms with Gasteiger partial charge in [-0.1, -0.05) is 18.2 Å². The lowest BCUT2D eigenvalue weighted by Crippen LogP contribution is -2.29. The molecule has 0 saturated carbocycles. The molecule has 12 heteroatoms. The number of halogens is 3. The topological polar surface area (TPSA) is 135 Å². The standard InChI is InChI=1S/C14H11F3O8S/c1-2-3-7-6-8(10(12(19)20)11(18)13(21)22)4-5-9(7)25-26(23,24)14(15,16)17/h2,4-6,10H,1,3H2,(H,19,20)(H,21,22). The SMILES string of the molecule is C=CCc1cc(C(C(=O)O)C(=O)C(=O)O)ccc1OS(=O)(=O)C(F)(F)F. The van der Waals surface area contributed by atoms with E-state index in [2.05, 4.69) is 10.8 Å². The number of carbonyl (C=O) groups excluding carboxylic acids is 1. The number of alkyl halides is 3. The molecular weight excluding hydrogens is 385 g/mol. The summed E-state index contributed by atoms with van der Waals surface area (Å²) in [6, 6.07) is 2.35. The Bertz CT molecular complexity index is 857. The molecule has 0 aliphatic heterocycles. The van der Waals surface area contributed by atoms with E-state index in [9.17, 15) is 36.0 Å². The summed E-state index contributed by atoms with van der Waals surface area (Å²) in [4.78, 5) is 33.4. The number of carboxylic acids is 2. The van der Waals surface area contributed by atoms with Crippen molar-refractivity contribution in [3.63, 3.8) is 0 Å². The number of hydrogen-bond acceptors (Lipinski definition) is 6. The van der Waals surface area contributed by atoms with Crippen molar-refractivity contribution in [3.05, 3.63) is 42.0 Å². The maximum atomic E-state index is 12.4. The van der Waals surface area contributed by atoms with E-state index in [1.807, 2.05) is 0 Å². The molecule has 0 saturated heterocycles. The molecule has 26 heavy (non-hydrogen) atoms. The summed E-state index contributed by atoms with van der Waals surface area (Å²) in [6.07, 6.45) is 0.908. The van der Waals surface area contributed by atoms with Crippen molar-refractivity contribution in [1.29, 1.82) is 0 Å². The van der Waals surface area contributed by atoms with Crippen LogP contribution < -0.4 is 4.18 Å². The van der Waals surface area contributed by atoms with Crippen LogP contribution in [0.25, 0.3) is 0 Å². The first kappa shape index (κ1) is 21.2. The highest BCUT2D eigenvalue weighted by Crippen LogP contribution is 2.31. The summed E-state index contributed by atoms with van der Waals surface area (Å²) in [6.45, 7) is 3.31. The number of carboxylic acid groups (broad SMARTS) is 2. The maximum Gasteiger partial charge on any atom is 0.534 e. The average molecular weight is 396 g/mol. The molecule has 2 N–H and O–H groups in total. The summed E-state index contributed by atoms with van der Waals surface area (Å²) in [5.41, 5.74) is -6.31. The Kier molecular flexibility index (Phi) is 6.15. The molecule has 0 spiro atoms. The molecule has 1 aromatic rings. The Morgan fingerprint density at radius 1 is 1.23 bits per heavy atom. The lowest BCUT2D eigenvalue weighted by atomic mass is 9.92. The fraction of sp³-hybridized carbons (Fsp3) is 0.214. The lowest BCUT2D eigenvalue weighted by Gasteiger charge is -2.15. The van der Waals surface area contributed by atoms with Crippen LogP contribution in [0.5, 0.6) is 5.75 Å². The van der Waals surface area contributed by atoms with Crippen LogP contribution in [-0.4, -0.2) is 41.9 Å². The molecule has 1 atom stereocenters. The van der Waals surface area contributed by atoms with Gasteiger partial charge >= 0.3 is 27.6 Å². The molecule has 1 rings (SSSR count). The van der Waals surface area contributed by atoms with E-state index in [4.69, 9.17) is 10.2 Å². The van der Waals surface area contributed by atoms with Gasteiger partial charge in [-0.25, -0.2) is 4.79 Å². The van der Waals surface area contributed by atoms with Gasteiger partial charge in [0.05, 0.1) is 0 Å². The number of aliphatic carboxylic acids is 2. The van der Waals surface area contributed by atoms with Crippen molar-refractivity contribution in [3.8, 4) is 5.75 Å². The van der Waals surface area contributed by atoms with Gasteiger partial charge in [-0.15, -0.1) is 6.58 Å². The molecule has 8 nitrogen and oxygen atoms in total. The molecule has 142 valence electrons. The summed E-state index contributed by atoms with van der Waals surface area (Å²) in [7, 11) is -5.98. The first-order valence-electron chi connectivity index (χ1n) is 6.56. The largest absolute Gasteiger partial charge is 0.534 e. The zero-order valence-corrected chi connectivity index (χ0v) is 13.5. The predicted octanol–water partition coefficient (Wildman–Crippen LogP) is 1.47. The van der Waals surface area contributed by atoms with E-state index in [-0.39, 0.29) is 17.5 Å². The highest BCUT2D eigenvalue weighted by molar-refractivity contribution is 7.88. The Morgan fingerprint density at radius 3 is 2.23 bits per heavy atom. The summed E-state index contributed by atoms with van der Waals surface area (Å²) in [5, 5.41) is 17.7. The normalized spacial score (nSPS) is 12.9. The molecule has 1 aromatic carbocycles. The highest BCUT2D eigenvalue weighted by atomic mass is 32.2. The molecule has 0 fully saturated rings. The summed E-state index contributed by atoms with van der Waals surface area (Å²) >= 11 is 0. The van der Waals surface area contributed by atoms with Gasteiger partial charge in [-0.3, -0.25) is 9.59 Å². The third-order valence-electron chi connectivity index (χ3n) is 2.99. The van der Waals surface area contributed by atoms with Gasteiger partial charge in [-0.05, 0) is 23.6 Å². The summed E-state index contributed by atoms with van der Waals surface area (Å²) in [5.74, 6) is -8.41. The quantitative estimate of drug-likeness (QED) is 0.222. The monoisotopic (exact) mass is 396 g/mol. The first-order valence-corrected chi connectivity index (χ1v) is 7.97. The van der Waals surface area contributed by atoms with Gasteiger partial charge in [-0.2, -0.15) is 21.6 Å². The average Bonchev–Trinajstić information content (AvgIpc) is 2.48. The van der Waals surface area contributed by atoms with Crippen LogP contribution in [0.15, 0.2) is 30.9 Å². The van der Waals surface area contributed by atoms with Crippen LogP contribution in [0.3, 0.4) is 0 Å². The second kappa shape index (κ2) is 7.56. The fourth-order valence-corrected chi connectivity index (χ4v) is 2.36. The van der Waals surface area contributed by atoms with Crippen LogP contribution in [-0.2, 0) is 30.9 Å². The van der Waals surface area contributed by atoms with Gasteiger partial charge in [0.25, 0.3) is 5.78 Å². The molecule has 0 amide bonds. The number of carbonyl (C=O) groups is 3. The molecule has 1 unspecified atom stereocenters. The summed E-state index contributed by atoms with van der Waals surface area (Å²) < 4.78 is 63.5. The van der Waals surface area contributed by atoms with Crippen molar-refractivity contribution in [2.45, 2.75) is 17.8 Å². The van der Waals surface area contributed by atoms with Crippen molar-refractivity contribution >= 4 is 27.8 Å². The number of benzene rings is 1. The van der Waals surface area contributed by atoms with Crippen LogP contribution in [0, 0.1) is 0 Å². The van der Waals surface area contributed by atoms with E-state index in [0.717, 1.165) is 18.2 Å². The molecule has 0 aliphatic carbocycles. The fourth-order valence-electron chi connectivity index (χ4n) is 1.87. The van der Waals surface area contributed by atoms with E-state index in [1.165, 1.54) is 0 Å². The smallest absolute Gasteiger partial charge is 0.480 e. The number of rotatable bonds is 8. The second-order valence-corrected chi connectivity index (χ2v) is 6.32. The minimum absolute atomic E-state index is 0.241. The highest BCUT2D eigenvalue weighted by Gasteiger charge is 2.48. The van der Waals surface area contributed by atoms with Crippen molar-refractivity contribution in [2.24, 2.45) is 0 Å². The zero-order valence-electron chi connectivity index (χ0n) is 12.7. The van der Waals surface area contributed by atoms with Gasteiger partial charge in [0.15, 0.2) is 5.92 Å². The third-order valence-corrected chi connectivity index (χ3v) is 3.95. The third kappa shape index (κ3) is 4.59. The van der Waals surface area contributed by atoms with Gasteiger partial charge in [0.2, 0.25) is 0 Å². The molecule has 0 aromatic heterocycles. The molecule has 0 bridgehead atoms. The van der Waals surface area contributed by atoms with Gasteiger partial charge < -0.3 is 14.4 Å². The van der Waals surface area contributed by atoms with E-state index < -0.39 is 45.0 Å². The van der Waals surface area contributed by atoms with Gasteiger partial charge in [0.1, 0.15) is 5.75 Å². The van der Waals surface area contributed by atoms with Crippen LogP contribution in [0.4, 0.5) is 13.2 Å². The lowest BCUT2D eigenvalue weighted by molar-refractivity contribution is -0.154. The molecule has 0 aliphatic rings. The minimum Gasteiger partial charge on any atom is -0.480 e. The maximum absolute atomic E-state index is 12.4. The van der Waals surface area contributed by atoms with E-state index >= 15 is 0 Å². The molecular formula is C14H11F3O8S. The van der Waals surface area contributed by atoms with Crippen molar-refractivity contribution in [2.75, 3.05) is 0 Å². The van der Waals surface area contributed by atoms with Crippen LogP contribution in [0.2, 0.25) is 0 Å². The number of allylic oxidation sites excluding steroid dienone is 1. The van der Waals surface area contributed by atoms with Crippen molar-refractivity contribution < 1.29 is 50.4 Å². The van der Waals surface area contributed by atoms with Crippen molar-refractivity contribution in [1.82, 2.24) is 0 Å². The first-order chi connectivity index (χ1) is 11.8. The number of ketones is 1. The Labute approximate surface area is 144 Å². The Morgan fingerprint density at radius 2 is 1.81 bits per heavy atom. The van der Waals surface area contributed by atoms with E-state index in [1.54, 1.807) is 0 Å². The minimum atomic E-state index is -5.98. The van der Waals surface area contributed by atoms with E-state index in [0.29, 0.717) is 6.07 Å². The zero-order chi connectivity index (χ0) is 20.3. The van der Waals surface area contributed by atoms with Gasteiger partial charge in [0, 0.05) is 0 Å². The van der Waals surface area contributed by atoms with Crippen LogP contribution in [0.1, 0.15) is 17.0 Å². The second-order valence-electron chi connectivity index (χ2n) is 4.78. The molecule has 0 radical (unpaired) electrons. The number of hydrogen-bond donors (Lipinski definition) is 2. The Hall–Kier alpha value is -2.89.